The second-order valence-electron chi connectivity index (χ2n) is 28.0. The minimum Gasteiger partial charge on any atom is -0.309 e. The molecule has 444 valence electrons. The number of hydrogen-bond donors (Lipinski definition) is 0. The van der Waals surface area contributed by atoms with Crippen LogP contribution in [0.4, 0.5) is 0 Å². The number of benzene rings is 13. The van der Waals surface area contributed by atoms with Gasteiger partial charge in [0, 0.05) is 82.1 Å². The fourth-order valence-electron chi connectivity index (χ4n) is 17.6. The van der Waals surface area contributed by atoms with Crippen molar-refractivity contribution in [2.75, 3.05) is 0 Å². The molecule has 4 aromatic heterocycles. The summed E-state index contributed by atoms with van der Waals surface area (Å²) in [6, 6.07) is 102. The Morgan fingerprint density at radius 2 is 0.638 bits per heavy atom. The van der Waals surface area contributed by atoms with Gasteiger partial charge in [-0.25, -0.2) is 9.97 Å². The van der Waals surface area contributed by atoms with Crippen LogP contribution in [0.5, 0.6) is 0 Å². The largest absolute Gasteiger partial charge is 0.309 e. The highest BCUT2D eigenvalue weighted by Crippen LogP contribution is 2.57. The maximum Gasteiger partial charge on any atom is 0.160 e. The van der Waals surface area contributed by atoms with E-state index in [0.717, 1.165) is 55.9 Å². The van der Waals surface area contributed by atoms with Gasteiger partial charge in [0.05, 0.1) is 44.3 Å². The molecule has 20 rings (SSSR count). The van der Waals surface area contributed by atoms with Gasteiger partial charge in [0.25, 0.3) is 0 Å². The maximum absolute atomic E-state index is 5.73. The van der Waals surface area contributed by atoms with Gasteiger partial charge in [-0.15, -0.1) is 0 Å². The summed E-state index contributed by atoms with van der Waals surface area (Å²) in [4.78, 5) is 11.3. The third kappa shape index (κ3) is 7.08. The number of para-hydroxylation sites is 3. The highest BCUT2D eigenvalue weighted by Gasteiger charge is 2.40. The summed E-state index contributed by atoms with van der Waals surface area (Å²) in [5.41, 5.74) is 32.2. The van der Waals surface area contributed by atoms with Crippen LogP contribution < -0.4 is 0 Å². The second-order valence-corrected chi connectivity index (χ2v) is 28.0. The van der Waals surface area contributed by atoms with Crippen LogP contribution in [0.15, 0.2) is 273 Å². The summed E-state index contributed by atoms with van der Waals surface area (Å²) >= 11 is 0. The molecule has 4 heterocycles. The molecule has 0 saturated heterocycles. The lowest BCUT2D eigenvalue weighted by Crippen LogP contribution is -2.14. The van der Waals surface area contributed by atoms with Gasteiger partial charge >= 0.3 is 0 Å². The van der Waals surface area contributed by atoms with E-state index in [9.17, 15) is 0 Å². The van der Waals surface area contributed by atoms with E-state index in [4.69, 9.17) is 9.97 Å². The van der Waals surface area contributed by atoms with Gasteiger partial charge in [-0.1, -0.05) is 230 Å². The number of rotatable bonds is 6. The van der Waals surface area contributed by atoms with Crippen LogP contribution in [-0.4, -0.2) is 23.7 Å². The Balaban J connectivity index is 0.760. The molecular formula is C89H63N5. The summed E-state index contributed by atoms with van der Waals surface area (Å²) in [6.45, 7) is 14.2. The van der Waals surface area contributed by atoms with Crippen LogP contribution in [0.3, 0.4) is 0 Å². The third-order valence-corrected chi connectivity index (χ3v) is 22.0. The van der Waals surface area contributed by atoms with Crippen molar-refractivity contribution in [3.63, 3.8) is 0 Å². The van der Waals surface area contributed by atoms with Crippen LogP contribution in [-0.2, 0) is 16.2 Å². The van der Waals surface area contributed by atoms with E-state index in [1.54, 1.807) is 0 Å². The zero-order valence-corrected chi connectivity index (χ0v) is 53.2. The lowest BCUT2D eigenvalue weighted by Gasteiger charge is -2.21. The van der Waals surface area contributed by atoms with Crippen LogP contribution >= 0.6 is 0 Å². The Morgan fingerprint density at radius 1 is 0.255 bits per heavy atom. The van der Waals surface area contributed by atoms with Crippen LogP contribution in [0.25, 0.3) is 161 Å². The molecule has 3 aliphatic carbocycles. The first-order valence-corrected chi connectivity index (χ1v) is 33.1. The van der Waals surface area contributed by atoms with Gasteiger partial charge in [-0.3, -0.25) is 0 Å². The van der Waals surface area contributed by atoms with Crippen molar-refractivity contribution in [2.45, 2.75) is 57.8 Å². The van der Waals surface area contributed by atoms with Crippen molar-refractivity contribution < 1.29 is 0 Å². The smallest absolute Gasteiger partial charge is 0.160 e. The Hall–Kier alpha value is -11.4. The first kappa shape index (κ1) is 53.3. The van der Waals surface area contributed by atoms with Crippen molar-refractivity contribution in [2.24, 2.45) is 0 Å². The summed E-state index contributed by atoms with van der Waals surface area (Å²) in [6.07, 6.45) is 0. The molecule has 13 aromatic carbocycles. The van der Waals surface area contributed by atoms with Crippen molar-refractivity contribution in [3.8, 4) is 84.2 Å². The summed E-state index contributed by atoms with van der Waals surface area (Å²) < 4.78 is 7.36. The Bertz CT molecular complexity index is 6200. The maximum atomic E-state index is 5.73. The lowest BCUT2D eigenvalue weighted by atomic mass is 9.82. The minimum atomic E-state index is -0.115. The molecule has 0 aliphatic heterocycles. The Morgan fingerprint density at radius 3 is 1.11 bits per heavy atom. The normalized spacial score (nSPS) is 14.5. The highest BCUT2D eigenvalue weighted by atomic mass is 15.0. The SMILES string of the molecule is CC1(C)c2ccccc2-c2c1ccc1c2c2ccccc2n1-c1ccc(-c2nc(-c3cccc(-n4c5ccccc5c5c6c(ccc54)C(C)(C)c4ccccc4-6)c3)nc3ccc(-c4cccc(-n5c6ccccc6c6c7c(ccc65)C(C)(C)c5ccccc5-7)c4)cc23)cc1. The summed E-state index contributed by atoms with van der Waals surface area (Å²) in [7, 11) is 0. The van der Waals surface area contributed by atoms with Crippen molar-refractivity contribution in [3.05, 3.63) is 306 Å². The number of hydrogen-bond acceptors (Lipinski definition) is 2. The predicted molar refractivity (Wildman–Crippen MR) is 392 cm³/mol. The van der Waals surface area contributed by atoms with Gasteiger partial charge in [-0.2, -0.15) is 0 Å². The molecule has 94 heavy (non-hydrogen) atoms. The number of aromatic nitrogens is 5. The third-order valence-electron chi connectivity index (χ3n) is 22.0. The number of nitrogens with zero attached hydrogens (tertiary/aromatic N) is 5. The van der Waals surface area contributed by atoms with E-state index in [1.807, 2.05) is 0 Å². The average molecular weight is 1200 g/mol. The molecule has 0 atom stereocenters. The molecule has 0 fully saturated rings. The molecule has 17 aromatic rings. The van der Waals surface area contributed by atoms with E-state index in [1.165, 1.54) is 132 Å². The lowest BCUT2D eigenvalue weighted by molar-refractivity contribution is 0.660. The molecule has 3 aliphatic rings. The summed E-state index contributed by atoms with van der Waals surface area (Å²) in [5.74, 6) is 0.670. The van der Waals surface area contributed by atoms with Crippen LogP contribution in [0, 0.1) is 0 Å². The van der Waals surface area contributed by atoms with E-state index < -0.39 is 0 Å². The van der Waals surface area contributed by atoms with Crippen LogP contribution in [0.2, 0.25) is 0 Å². The quantitative estimate of drug-likeness (QED) is 0.166. The molecule has 0 unspecified atom stereocenters. The van der Waals surface area contributed by atoms with Crippen LogP contribution in [0.1, 0.15) is 74.9 Å². The molecule has 0 bridgehead atoms. The molecule has 0 saturated carbocycles. The summed E-state index contributed by atoms with van der Waals surface area (Å²) in [5, 5.41) is 8.64. The van der Waals surface area contributed by atoms with Gasteiger partial charge in [0.1, 0.15) is 0 Å². The monoisotopic (exact) mass is 1200 g/mol. The molecule has 0 radical (unpaired) electrons. The molecule has 5 nitrogen and oxygen atoms in total. The molecule has 5 heteroatoms. The molecule has 0 spiro atoms. The first-order chi connectivity index (χ1) is 45.9. The molecular weight excluding hydrogens is 1140 g/mol. The van der Waals surface area contributed by atoms with Crippen molar-refractivity contribution in [1.82, 2.24) is 23.7 Å². The Labute approximate surface area is 545 Å². The number of fused-ring (bicyclic) bond motifs is 22. The van der Waals surface area contributed by atoms with Gasteiger partial charge in [0.2, 0.25) is 0 Å². The predicted octanol–water partition coefficient (Wildman–Crippen LogP) is 22.8. The topological polar surface area (TPSA) is 40.6 Å². The van der Waals surface area contributed by atoms with Gasteiger partial charge in [0.15, 0.2) is 5.82 Å². The van der Waals surface area contributed by atoms with E-state index in [2.05, 4.69) is 328 Å². The first-order valence-electron chi connectivity index (χ1n) is 33.1. The van der Waals surface area contributed by atoms with E-state index in [0.29, 0.717) is 5.82 Å². The molecule has 0 N–H and O–H groups in total. The second kappa shape index (κ2) is 18.9. The van der Waals surface area contributed by atoms with Gasteiger partial charge in [-0.05, 0) is 163 Å². The van der Waals surface area contributed by atoms with Crippen molar-refractivity contribution >= 4 is 76.3 Å². The van der Waals surface area contributed by atoms with E-state index >= 15 is 0 Å². The molecule has 0 amide bonds. The highest BCUT2D eigenvalue weighted by molar-refractivity contribution is 6.21. The standard InChI is InChI=1S/C89H63N5/c1-87(2)66-31-13-7-25-59(66)79-69(87)42-46-76-82(79)62-28-10-16-34-73(62)92(76)56-40-37-52(38-41-56)85-65-51-54(53-21-19-23-57(49-53)93-74-35-17-11-29-63(74)83-77(93)47-43-70-80(83)60-26-8-14-32-67(60)88(70,3)4)39-45-72(65)90-86(91-85)55-22-20-24-58(50-55)94-75-36-18-12-30-64(75)84-78(94)48-44-71-81(84)61-27-9-15-33-68(61)89(71,5)6/h7-51H,1-6H3. The van der Waals surface area contributed by atoms with E-state index in [-0.39, 0.29) is 16.2 Å². The zero-order chi connectivity index (χ0) is 62.7. The fourth-order valence-corrected chi connectivity index (χ4v) is 17.6. The fraction of sp³-hybridized carbons (Fsp3) is 0.101. The average Bonchev–Trinajstić information content (AvgIpc) is 1.55. The minimum absolute atomic E-state index is 0.104. The van der Waals surface area contributed by atoms with Gasteiger partial charge < -0.3 is 13.7 Å². The van der Waals surface area contributed by atoms with Crippen molar-refractivity contribution in [1.29, 1.82) is 0 Å². The Kier molecular flexibility index (Phi) is 10.7. The zero-order valence-electron chi connectivity index (χ0n) is 53.2.